The average molecular weight is 331 g/mol. The second-order valence-corrected chi connectivity index (χ2v) is 6.14. The van der Waals surface area contributed by atoms with Gasteiger partial charge in [0, 0.05) is 25.4 Å². The van der Waals surface area contributed by atoms with Crippen molar-refractivity contribution in [2.75, 3.05) is 26.2 Å². The van der Waals surface area contributed by atoms with Crippen LogP contribution in [-0.4, -0.2) is 41.1 Å². The first-order valence-corrected chi connectivity index (χ1v) is 8.34. The van der Waals surface area contributed by atoms with Crippen molar-refractivity contribution in [3.05, 3.63) is 58.5 Å². The molecule has 1 saturated heterocycles. The van der Waals surface area contributed by atoms with Crippen LogP contribution in [0.3, 0.4) is 0 Å². The summed E-state index contributed by atoms with van der Waals surface area (Å²) in [5.41, 5.74) is 0.480. The van der Waals surface area contributed by atoms with E-state index in [4.69, 9.17) is 4.74 Å². The van der Waals surface area contributed by atoms with Crippen molar-refractivity contribution in [1.82, 2.24) is 14.9 Å². The van der Waals surface area contributed by atoms with Crippen LogP contribution in [0.2, 0.25) is 0 Å². The topological polar surface area (TPSA) is 58.2 Å². The number of hydrogen-bond acceptors (Lipinski definition) is 4. The van der Waals surface area contributed by atoms with E-state index in [1.54, 1.807) is 30.6 Å². The minimum atomic E-state index is -0.310. The zero-order valence-corrected chi connectivity index (χ0v) is 13.6. The summed E-state index contributed by atoms with van der Waals surface area (Å²) in [4.78, 5) is 20.7. The number of halogens is 1. The summed E-state index contributed by atoms with van der Waals surface area (Å²) in [6.07, 6.45) is 5.86. The van der Waals surface area contributed by atoms with Gasteiger partial charge in [0.1, 0.15) is 5.69 Å². The third kappa shape index (κ3) is 4.41. The molecule has 0 radical (unpaired) electrons. The number of piperidine rings is 1. The van der Waals surface area contributed by atoms with Gasteiger partial charge in [0.2, 0.25) is 0 Å². The molecular formula is C18H22FN3O2. The van der Waals surface area contributed by atoms with Crippen molar-refractivity contribution >= 4 is 0 Å². The maximum absolute atomic E-state index is 13.5. The summed E-state index contributed by atoms with van der Waals surface area (Å²) in [5, 5.41) is 0. The number of benzene rings is 1. The van der Waals surface area contributed by atoms with Crippen molar-refractivity contribution in [2.24, 2.45) is 5.92 Å². The van der Waals surface area contributed by atoms with Crippen LogP contribution >= 0.6 is 0 Å². The van der Waals surface area contributed by atoms with Crippen molar-refractivity contribution in [1.29, 1.82) is 0 Å². The van der Waals surface area contributed by atoms with E-state index in [2.05, 4.69) is 14.9 Å². The fourth-order valence-electron chi connectivity index (χ4n) is 2.97. The number of ether oxygens (including phenoxy) is 1. The first-order chi connectivity index (χ1) is 11.7. The minimum absolute atomic E-state index is 0.106. The molecule has 24 heavy (non-hydrogen) atoms. The highest BCUT2D eigenvalue weighted by molar-refractivity contribution is 5.23. The van der Waals surface area contributed by atoms with Gasteiger partial charge in [-0.05, 0) is 44.0 Å². The van der Waals surface area contributed by atoms with Gasteiger partial charge in [-0.15, -0.1) is 0 Å². The lowest BCUT2D eigenvalue weighted by Gasteiger charge is -2.31. The molecular weight excluding hydrogens is 309 g/mol. The van der Waals surface area contributed by atoms with E-state index in [-0.39, 0.29) is 11.4 Å². The van der Waals surface area contributed by atoms with Crippen molar-refractivity contribution in [3.63, 3.8) is 0 Å². The number of nitrogens with one attached hydrogen (secondary N) is 1. The SMILES string of the molecule is O=c1[nH]ccnc1CCN1CCC(COc2ccccc2F)CC1. The highest BCUT2D eigenvalue weighted by Crippen LogP contribution is 2.21. The van der Waals surface area contributed by atoms with E-state index in [1.165, 1.54) is 6.07 Å². The largest absolute Gasteiger partial charge is 0.490 e. The summed E-state index contributed by atoms with van der Waals surface area (Å²) in [7, 11) is 0. The van der Waals surface area contributed by atoms with Crippen molar-refractivity contribution < 1.29 is 9.13 Å². The number of H-pyrrole nitrogens is 1. The molecule has 0 bridgehead atoms. The molecule has 5 nitrogen and oxygen atoms in total. The second-order valence-electron chi connectivity index (χ2n) is 6.14. The Morgan fingerprint density at radius 1 is 1.29 bits per heavy atom. The molecule has 1 fully saturated rings. The standard InChI is InChI=1S/C18H22FN3O2/c19-15-3-1-2-4-17(15)24-13-14-5-10-22(11-6-14)12-7-16-18(23)21-9-8-20-16/h1-4,8-9,14H,5-7,10-13H2,(H,21,23). The van der Waals surface area contributed by atoms with Gasteiger partial charge in [-0.3, -0.25) is 9.78 Å². The fraction of sp³-hybridized carbons (Fsp3) is 0.444. The molecule has 1 aliphatic heterocycles. The highest BCUT2D eigenvalue weighted by Gasteiger charge is 2.20. The van der Waals surface area contributed by atoms with Gasteiger partial charge in [0.05, 0.1) is 6.61 Å². The summed E-state index contributed by atoms with van der Waals surface area (Å²) >= 11 is 0. The molecule has 0 amide bonds. The molecule has 0 atom stereocenters. The van der Waals surface area contributed by atoms with E-state index in [0.29, 0.717) is 30.4 Å². The van der Waals surface area contributed by atoms with Gasteiger partial charge < -0.3 is 14.6 Å². The molecule has 1 aromatic carbocycles. The summed E-state index contributed by atoms with van der Waals surface area (Å²) in [6, 6.07) is 6.51. The van der Waals surface area contributed by atoms with Gasteiger partial charge >= 0.3 is 0 Å². The number of para-hydroxylation sites is 1. The smallest absolute Gasteiger partial charge is 0.269 e. The molecule has 0 saturated carbocycles. The molecule has 1 N–H and O–H groups in total. The van der Waals surface area contributed by atoms with E-state index in [9.17, 15) is 9.18 Å². The van der Waals surface area contributed by atoms with Crippen molar-refractivity contribution in [3.8, 4) is 5.75 Å². The first-order valence-electron chi connectivity index (χ1n) is 8.34. The summed E-state index contributed by atoms with van der Waals surface area (Å²) < 4.78 is 19.1. The number of rotatable bonds is 6. The third-order valence-electron chi connectivity index (χ3n) is 4.46. The molecule has 2 heterocycles. The van der Waals surface area contributed by atoms with Gasteiger partial charge in [-0.2, -0.15) is 0 Å². The maximum Gasteiger partial charge on any atom is 0.269 e. The number of nitrogens with zero attached hydrogens (tertiary/aromatic N) is 2. The lowest BCUT2D eigenvalue weighted by Crippen LogP contribution is -2.37. The van der Waals surface area contributed by atoms with Crippen molar-refractivity contribution in [2.45, 2.75) is 19.3 Å². The zero-order chi connectivity index (χ0) is 16.8. The fourth-order valence-corrected chi connectivity index (χ4v) is 2.97. The Labute approximate surface area is 140 Å². The van der Waals surface area contributed by atoms with E-state index < -0.39 is 0 Å². The molecule has 3 rings (SSSR count). The monoisotopic (exact) mass is 331 g/mol. The Hall–Kier alpha value is -2.21. The van der Waals surface area contributed by atoms with E-state index in [1.807, 2.05) is 0 Å². The number of aromatic nitrogens is 2. The van der Waals surface area contributed by atoms with Crippen LogP contribution < -0.4 is 10.3 Å². The first kappa shape index (κ1) is 16.6. The Kier molecular flexibility index (Phi) is 5.59. The van der Waals surface area contributed by atoms with Crippen LogP contribution in [0.15, 0.2) is 41.5 Å². The van der Waals surface area contributed by atoms with E-state index in [0.717, 1.165) is 32.5 Å². The highest BCUT2D eigenvalue weighted by atomic mass is 19.1. The van der Waals surface area contributed by atoms with Crippen LogP contribution in [0.25, 0.3) is 0 Å². The lowest BCUT2D eigenvalue weighted by molar-refractivity contribution is 0.140. The van der Waals surface area contributed by atoms with Crippen LogP contribution in [0.1, 0.15) is 18.5 Å². The normalized spacial score (nSPS) is 16.2. The lowest BCUT2D eigenvalue weighted by atomic mass is 9.97. The summed E-state index contributed by atoms with van der Waals surface area (Å²) in [5.74, 6) is 0.462. The number of aromatic amines is 1. The number of hydrogen-bond donors (Lipinski definition) is 1. The van der Waals surface area contributed by atoms with Crippen LogP contribution in [0.5, 0.6) is 5.75 Å². The van der Waals surface area contributed by atoms with Gasteiger partial charge in [0.15, 0.2) is 11.6 Å². The summed E-state index contributed by atoms with van der Waals surface area (Å²) in [6.45, 7) is 3.32. The molecule has 128 valence electrons. The van der Waals surface area contributed by atoms with E-state index >= 15 is 0 Å². The van der Waals surface area contributed by atoms with Gasteiger partial charge in [0.25, 0.3) is 5.56 Å². The maximum atomic E-state index is 13.5. The minimum Gasteiger partial charge on any atom is -0.490 e. The van der Waals surface area contributed by atoms with Gasteiger partial charge in [-0.1, -0.05) is 12.1 Å². The van der Waals surface area contributed by atoms with Gasteiger partial charge in [-0.25, -0.2) is 4.39 Å². The molecule has 0 aliphatic carbocycles. The molecule has 1 aliphatic rings. The molecule has 1 aromatic heterocycles. The predicted molar refractivity (Wildman–Crippen MR) is 89.6 cm³/mol. The zero-order valence-electron chi connectivity index (χ0n) is 13.6. The Bertz CT molecular complexity index is 711. The predicted octanol–water partition coefficient (Wildman–Crippen LogP) is 2.24. The Morgan fingerprint density at radius 3 is 2.83 bits per heavy atom. The Morgan fingerprint density at radius 2 is 2.08 bits per heavy atom. The third-order valence-corrected chi connectivity index (χ3v) is 4.46. The average Bonchev–Trinajstić information content (AvgIpc) is 2.61. The molecule has 2 aromatic rings. The molecule has 6 heteroatoms. The quantitative estimate of drug-likeness (QED) is 0.882. The Balaban J connectivity index is 1.40. The second kappa shape index (κ2) is 8.06. The molecule has 0 spiro atoms. The molecule has 0 unspecified atom stereocenters. The van der Waals surface area contributed by atoms with Crippen LogP contribution in [-0.2, 0) is 6.42 Å². The van der Waals surface area contributed by atoms with Crippen LogP contribution in [0.4, 0.5) is 4.39 Å². The number of likely N-dealkylation sites (tertiary alicyclic amines) is 1. The van der Waals surface area contributed by atoms with Crippen LogP contribution in [0, 0.1) is 11.7 Å².